The van der Waals surface area contributed by atoms with Crippen LogP contribution >= 0.6 is 0 Å². The first-order valence-corrected chi connectivity index (χ1v) is 6.41. The van der Waals surface area contributed by atoms with Crippen LogP contribution < -0.4 is 11.1 Å². The first kappa shape index (κ1) is 13.0. The summed E-state index contributed by atoms with van der Waals surface area (Å²) in [6, 6.07) is 0. The summed E-state index contributed by atoms with van der Waals surface area (Å²) in [5.74, 6) is 0.926. The Kier molecular flexibility index (Phi) is 4.72. The standard InChI is InChI=1S/C12H20N4O2/c13-8-9-3-4-10(18-9)12(17)16-5-1-2-11-14-6-7-15-11/h6-7,9-10H,1-5,8,13H2,(H,14,15)(H,16,17). The van der Waals surface area contributed by atoms with Crippen LogP contribution in [0.3, 0.4) is 0 Å². The van der Waals surface area contributed by atoms with Gasteiger partial charge in [0.05, 0.1) is 6.10 Å². The average molecular weight is 252 g/mol. The molecule has 0 saturated carbocycles. The fraction of sp³-hybridized carbons (Fsp3) is 0.667. The molecule has 1 saturated heterocycles. The van der Waals surface area contributed by atoms with Crippen LogP contribution in [0, 0.1) is 0 Å². The number of carbonyl (C=O) groups excluding carboxylic acids is 1. The largest absolute Gasteiger partial charge is 0.364 e. The topological polar surface area (TPSA) is 93.0 Å². The number of aryl methyl sites for hydroxylation is 1. The van der Waals surface area contributed by atoms with E-state index >= 15 is 0 Å². The van der Waals surface area contributed by atoms with E-state index in [1.807, 2.05) is 0 Å². The van der Waals surface area contributed by atoms with Crippen LogP contribution in [0.5, 0.6) is 0 Å². The highest BCUT2D eigenvalue weighted by Crippen LogP contribution is 2.18. The SMILES string of the molecule is NCC1CCC(C(=O)NCCCc2ncc[nH]2)O1. The minimum atomic E-state index is -0.317. The van der Waals surface area contributed by atoms with Crippen molar-refractivity contribution in [3.05, 3.63) is 18.2 Å². The number of imidazole rings is 1. The second kappa shape index (κ2) is 6.51. The van der Waals surface area contributed by atoms with E-state index in [0.29, 0.717) is 13.1 Å². The number of H-pyrrole nitrogens is 1. The maximum atomic E-state index is 11.8. The highest BCUT2D eigenvalue weighted by molar-refractivity contribution is 5.80. The molecular formula is C12H20N4O2. The summed E-state index contributed by atoms with van der Waals surface area (Å²) in [6.45, 7) is 1.13. The predicted octanol–water partition coefficient (Wildman–Crippen LogP) is -0.0352. The minimum Gasteiger partial charge on any atom is -0.364 e. The molecule has 1 aromatic rings. The Morgan fingerprint density at radius 3 is 3.17 bits per heavy atom. The normalized spacial score (nSPS) is 23.2. The van der Waals surface area contributed by atoms with Crippen molar-refractivity contribution in [1.29, 1.82) is 0 Å². The molecule has 4 N–H and O–H groups in total. The molecule has 1 fully saturated rings. The number of carbonyl (C=O) groups is 1. The number of amides is 1. The highest BCUT2D eigenvalue weighted by atomic mass is 16.5. The summed E-state index contributed by atoms with van der Waals surface area (Å²) >= 11 is 0. The molecule has 0 spiro atoms. The van der Waals surface area contributed by atoms with E-state index in [0.717, 1.165) is 31.5 Å². The van der Waals surface area contributed by atoms with Gasteiger partial charge in [-0.1, -0.05) is 0 Å². The molecular weight excluding hydrogens is 232 g/mol. The number of ether oxygens (including phenoxy) is 1. The van der Waals surface area contributed by atoms with Crippen molar-refractivity contribution in [3.63, 3.8) is 0 Å². The van der Waals surface area contributed by atoms with Crippen molar-refractivity contribution in [2.24, 2.45) is 5.73 Å². The molecule has 0 radical (unpaired) electrons. The summed E-state index contributed by atoms with van der Waals surface area (Å²) in [5.41, 5.74) is 5.50. The molecule has 0 aromatic carbocycles. The van der Waals surface area contributed by atoms with Gasteiger partial charge in [0.2, 0.25) is 5.91 Å². The summed E-state index contributed by atoms with van der Waals surface area (Å²) in [7, 11) is 0. The van der Waals surface area contributed by atoms with Gasteiger partial charge in [-0.15, -0.1) is 0 Å². The molecule has 1 aromatic heterocycles. The smallest absolute Gasteiger partial charge is 0.249 e. The zero-order valence-electron chi connectivity index (χ0n) is 10.4. The van der Waals surface area contributed by atoms with E-state index in [-0.39, 0.29) is 18.1 Å². The van der Waals surface area contributed by atoms with Crippen molar-refractivity contribution in [3.8, 4) is 0 Å². The van der Waals surface area contributed by atoms with Crippen LogP contribution in [0.1, 0.15) is 25.1 Å². The Bertz CT molecular complexity index is 366. The molecule has 6 heteroatoms. The van der Waals surface area contributed by atoms with Crippen LogP contribution in [-0.4, -0.2) is 41.2 Å². The molecule has 0 bridgehead atoms. The molecule has 2 atom stereocenters. The molecule has 2 rings (SSSR count). The van der Waals surface area contributed by atoms with Gasteiger partial charge in [0, 0.05) is 31.9 Å². The van der Waals surface area contributed by atoms with E-state index in [2.05, 4.69) is 15.3 Å². The molecule has 1 aliphatic rings. The number of hydrogen-bond donors (Lipinski definition) is 3. The third-order valence-corrected chi connectivity index (χ3v) is 3.11. The van der Waals surface area contributed by atoms with E-state index in [4.69, 9.17) is 10.5 Å². The van der Waals surface area contributed by atoms with Crippen LogP contribution in [-0.2, 0) is 16.0 Å². The Labute approximate surface area is 106 Å². The first-order valence-electron chi connectivity index (χ1n) is 6.41. The Hall–Kier alpha value is -1.40. The number of nitrogens with one attached hydrogen (secondary N) is 2. The van der Waals surface area contributed by atoms with Crippen molar-refractivity contribution in [2.75, 3.05) is 13.1 Å². The van der Waals surface area contributed by atoms with E-state index < -0.39 is 0 Å². The van der Waals surface area contributed by atoms with Crippen molar-refractivity contribution >= 4 is 5.91 Å². The van der Waals surface area contributed by atoms with E-state index in [9.17, 15) is 4.79 Å². The lowest BCUT2D eigenvalue weighted by atomic mass is 10.2. The lowest BCUT2D eigenvalue weighted by Gasteiger charge is -2.12. The fourth-order valence-electron chi connectivity index (χ4n) is 2.09. The zero-order valence-corrected chi connectivity index (χ0v) is 10.4. The molecule has 1 amide bonds. The average Bonchev–Trinajstić information content (AvgIpc) is 3.05. The molecule has 0 aliphatic carbocycles. The number of aromatic amines is 1. The van der Waals surface area contributed by atoms with Gasteiger partial charge in [-0.2, -0.15) is 0 Å². The summed E-state index contributed by atoms with van der Waals surface area (Å²) in [5, 5.41) is 2.89. The van der Waals surface area contributed by atoms with Gasteiger partial charge < -0.3 is 20.8 Å². The van der Waals surface area contributed by atoms with Crippen LogP contribution in [0.15, 0.2) is 12.4 Å². The summed E-state index contributed by atoms with van der Waals surface area (Å²) in [4.78, 5) is 18.9. The van der Waals surface area contributed by atoms with E-state index in [1.54, 1.807) is 12.4 Å². The third-order valence-electron chi connectivity index (χ3n) is 3.11. The van der Waals surface area contributed by atoms with Crippen molar-refractivity contribution in [2.45, 2.75) is 37.9 Å². The lowest BCUT2D eigenvalue weighted by molar-refractivity contribution is -0.131. The van der Waals surface area contributed by atoms with Gasteiger partial charge in [0.15, 0.2) is 0 Å². The Morgan fingerprint density at radius 1 is 1.61 bits per heavy atom. The maximum Gasteiger partial charge on any atom is 0.249 e. The van der Waals surface area contributed by atoms with Gasteiger partial charge in [0.1, 0.15) is 11.9 Å². The highest BCUT2D eigenvalue weighted by Gasteiger charge is 2.29. The van der Waals surface area contributed by atoms with Crippen molar-refractivity contribution < 1.29 is 9.53 Å². The van der Waals surface area contributed by atoms with Gasteiger partial charge in [-0.3, -0.25) is 4.79 Å². The summed E-state index contributed by atoms with van der Waals surface area (Å²) in [6.07, 6.45) is 6.61. The molecule has 18 heavy (non-hydrogen) atoms. The first-order chi connectivity index (χ1) is 8.79. The van der Waals surface area contributed by atoms with E-state index in [1.165, 1.54) is 0 Å². The van der Waals surface area contributed by atoms with Gasteiger partial charge in [-0.25, -0.2) is 4.98 Å². The second-order valence-electron chi connectivity index (χ2n) is 4.49. The number of nitrogens with zero attached hydrogens (tertiary/aromatic N) is 1. The van der Waals surface area contributed by atoms with Gasteiger partial charge in [0.25, 0.3) is 0 Å². The Morgan fingerprint density at radius 2 is 2.50 bits per heavy atom. The van der Waals surface area contributed by atoms with Crippen LogP contribution in [0.25, 0.3) is 0 Å². The third kappa shape index (κ3) is 3.54. The van der Waals surface area contributed by atoms with Crippen molar-refractivity contribution in [1.82, 2.24) is 15.3 Å². The minimum absolute atomic E-state index is 0.0228. The second-order valence-corrected chi connectivity index (χ2v) is 4.49. The zero-order chi connectivity index (χ0) is 12.8. The molecule has 6 nitrogen and oxygen atoms in total. The van der Waals surface area contributed by atoms with Crippen LogP contribution in [0.2, 0.25) is 0 Å². The molecule has 2 unspecified atom stereocenters. The maximum absolute atomic E-state index is 11.8. The predicted molar refractivity (Wildman–Crippen MR) is 66.9 cm³/mol. The Balaban J connectivity index is 1.60. The summed E-state index contributed by atoms with van der Waals surface area (Å²) < 4.78 is 5.52. The monoisotopic (exact) mass is 252 g/mol. The van der Waals surface area contributed by atoms with Gasteiger partial charge >= 0.3 is 0 Å². The van der Waals surface area contributed by atoms with Gasteiger partial charge in [-0.05, 0) is 19.3 Å². The number of rotatable bonds is 6. The lowest BCUT2D eigenvalue weighted by Crippen LogP contribution is -2.36. The molecule has 1 aliphatic heterocycles. The fourth-order valence-corrected chi connectivity index (χ4v) is 2.09. The quantitative estimate of drug-likeness (QED) is 0.620. The van der Waals surface area contributed by atoms with Crippen LogP contribution in [0.4, 0.5) is 0 Å². The number of aromatic nitrogens is 2. The molecule has 100 valence electrons. The molecule has 2 heterocycles. The number of hydrogen-bond acceptors (Lipinski definition) is 4. The number of nitrogens with two attached hydrogens (primary N) is 1.